The highest BCUT2D eigenvalue weighted by molar-refractivity contribution is 5.92. The molecule has 1 N–H and O–H groups in total. The van der Waals surface area contributed by atoms with Crippen molar-refractivity contribution in [3.05, 3.63) is 69.2 Å². The maximum absolute atomic E-state index is 12.9. The number of para-hydroxylation sites is 4. The largest absolute Gasteiger partial charge is 0.495 e. The second-order valence-corrected chi connectivity index (χ2v) is 7.10. The fourth-order valence-corrected chi connectivity index (χ4v) is 3.52. The molecule has 0 radical (unpaired) electrons. The van der Waals surface area contributed by atoms with Gasteiger partial charge in [-0.05, 0) is 38.1 Å². The highest BCUT2D eigenvalue weighted by Gasteiger charge is 2.20. The van der Waals surface area contributed by atoms with E-state index in [2.05, 4.69) is 10.4 Å². The molecule has 4 rings (SSSR count). The number of carbonyl (C=O) groups is 1. The zero-order valence-corrected chi connectivity index (χ0v) is 16.8. The number of benzene rings is 2. The van der Waals surface area contributed by atoms with E-state index in [9.17, 15) is 14.4 Å². The quantitative estimate of drug-likeness (QED) is 0.511. The van der Waals surface area contributed by atoms with Crippen LogP contribution in [0.15, 0.2) is 58.1 Å². The smallest absolute Gasteiger partial charge is 0.333 e. The van der Waals surface area contributed by atoms with E-state index in [0.29, 0.717) is 22.7 Å². The number of methoxy groups -OCH3 is 1. The summed E-state index contributed by atoms with van der Waals surface area (Å²) in [4.78, 5) is 38.1. The number of carbonyl (C=O) groups excluding carboxylic acids is 1. The Kier molecular flexibility index (Phi) is 4.86. The van der Waals surface area contributed by atoms with Gasteiger partial charge in [-0.15, -0.1) is 5.10 Å². The molecule has 2 aromatic carbocycles. The molecule has 0 bridgehead atoms. The Labute approximate surface area is 171 Å². The molecule has 0 aliphatic rings. The second-order valence-electron chi connectivity index (χ2n) is 7.10. The predicted molar refractivity (Wildman–Crippen MR) is 113 cm³/mol. The van der Waals surface area contributed by atoms with Crippen LogP contribution in [-0.4, -0.2) is 31.8 Å². The van der Waals surface area contributed by atoms with Crippen LogP contribution in [0.2, 0.25) is 0 Å². The van der Waals surface area contributed by atoms with Crippen molar-refractivity contribution in [1.82, 2.24) is 18.7 Å². The van der Waals surface area contributed by atoms with Crippen LogP contribution in [0.1, 0.15) is 19.9 Å². The summed E-state index contributed by atoms with van der Waals surface area (Å²) < 4.78 is 9.28. The molecular formula is C21H21N5O4. The van der Waals surface area contributed by atoms with Gasteiger partial charge in [-0.25, -0.2) is 9.08 Å². The second kappa shape index (κ2) is 7.51. The summed E-state index contributed by atoms with van der Waals surface area (Å²) in [6.45, 7) is 3.52. The van der Waals surface area contributed by atoms with Gasteiger partial charge in [0.2, 0.25) is 11.7 Å². The molecule has 154 valence electrons. The molecule has 9 nitrogen and oxygen atoms in total. The number of ether oxygens (including phenoxy) is 1. The van der Waals surface area contributed by atoms with Crippen molar-refractivity contribution in [1.29, 1.82) is 0 Å². The number of anilines is 1. The van der Waals surface area contributed by atoms with E-state index in [-0.39, 0.29) is 6.04 Å². The van der Waals surface area contributed by atoms with Gasteiger partial charge in [0.1, 0.15) is 12.3 Å². The Hall–Kier alpha value is -3.88. The number of aromatic nitrogens is 4. The highest BCUT2D eigenvalue weighted by atomic mass is 16.5. The standard InChI is InChI=1S/C21H21N5O4/c1-13(2)25-15-9-5-6-10-16(15)26-20(29)19(28)24(23-21(25)26)12-18(27)22-14-8-4-7-11-17(14)30-3/h4-11,13H,12H2,1-3H3,(H,22,27). The number of hydrogen-bond donors (Lipinski definition) is 1. The number of rotatable bonds is 5. The summed E-state index contributed by atoms with van der Waals surface area (Å²) in [5.74, 6) is 0.299. The van der Waals surface area contributed by atoms with Crippen molar-refractivity contribution in [2.75, 3.05) is 12.4 Å². The van der Waals surface area contributed by atoms with Gasteiger partial charge < -0.3 is 14.6 Å². The number of fused-ring (bicyclic) bond motifs is 3. The topological polar surface area (TPSA) is 99.6 Å². The Morgan fingerprint density at radius 2 is 1.70 bits per heavy atom. The number of hydrogen-bond acceptors (Lipinski definition) is 5. The van der Waals surface area contributed by atoms with E-state index in [4.69, 9.17) is 4.74 Å². The van der Waals surface area contributed by atoms with Crippen LogP contribution in [0.5, 0.6) is 5.75 Å². The molecule has 0 aliphatic carbocycles. The zero-order chi connectivity index (χ0) is 21.4. The monoisotopic (exact) mass is 407 g/mol. The molecule has 0 aliphatic heterocycles. The average molecular weight is 407 g/mol. The third kappa shape index (κ3) is 3.14. The molecular weight excluding hydrogens is 386 g/mol. The molecule has 0 fully saturated rings. The van der Waals surface area contributed by atoms with Crippen molar-refractivity contribution >= 4 is 28.4 Å². The van der Waals surface area contributed by atoms with Gasteiger partial charge in [0.05, 0.1) is 23.8 Å². The van der Waals surface area contributed by atoms with Crippen molar-refractivity contribution in [3.63, 3.8) is 0 Å². The first-order valence-electron chi connectivity index (χ1n) is 9.48. The van der Waals surface area contributed by atoms with Crippen molar-refractivity contribution < 1.29 is 9.53 Å². The van der Waals surface area contributed by atoms with Crippen LogP contribution in [0.3, 0.4) is 0 Å². The molecule has 9 heteroatoms. The first-order chi connectivity index (χ1) is 14.4. The summed E-state index contributed by atoms with van der Waals surface area (Å²) in [5, 5.41) is 7.05. The van der Waals surface area contributed by atoms with Gasteiger partial charge >= 0.3 is 11.1 Å². The van der Waals surface area contributed by atoms with Crippen LogP contribution in [0.4, 0.5) is 5.69 Å². The molecule has 30 heavy (non-hydrogen) atoms. The number of imidazole rings is 1. The summed E-state index contributed by atoms with van der Waals surface area (Å²) in [6.07, 6.45) is 0. The Morgan fingerprint density at radius 1 is 1.03 bits per heavy atom. The molecule has 0 saturated heterocycles. The molecule has 0 saturated carbocycles. The van der Waals surface area contributed by atoms with Gasteiger partial charge in [-0.1, -0.05) is 24.3 Å². The van der Waals surface area contributed by atoms with Crippen molar-refractivity contribution in [2.45, 2.75) is 26.4 Å². The normalized spacial score (nSPS) is 11.3. The first-order valence-corrected chi connectivity index (χ1v) is 9.48. The fraction of sp³-hybridized carbons (Fsp3) is 0.238. The molecule has 2 heterocycles. The lowest BCUT2D eigenvalue weighted by Gasteiger charge is -2.12. The maximum Gasteiger partial charge on any atom is 0.333 e. The Morgan fingerprint density at radius 3 is 2.40 bits per heavy atom. The van der Waals surface area contributed by atoms with Gasteiger partial charge in [0, 0.05) is 6.04 Å². The minimum Gasteiger partial charge on any atom is -0.495 e. The molecule has 1 amide bonds. The third-order valence-corrected chi connectivity index (χ3v) is 4.82. The van der Waals surface area contributed by atoms with E-state index in [1.165, 1.54) is 11.5 Å². The van der Waals surface area contributed by atoms with Crippen LogP contribution in [-0.2, 0) is 11.3 Å². The van der Waals surface area contributed by atoms with Crippen LogP contribution in [0, 0.1) is 0 Å². The SMILES string of the molecule is COc1ccccc1NC(=O)Cn1nc2n(C(C)C)c3ccccc3n2c(=O)c1=O. The molecule has 0 spiro atoms. The molecule has 2 aromatic heterocycles. The molecule has 0 unspecified atom stereocenters. The lowest BCUT2D eigenvalue weighted by molar-refractivity contribution is -0.117. The van der Waals surface area contributed by atoms with Gasteiger partial charge in [-0.2, -0.15) is 0 Å². The minimum atomic E-state index is -0.866. The van der Waals surface area contributed by atoms with Crippen LogP contribution in [0.25, 0.3) is 16.8 Å². The Bertz CT molecular complexity index is 1380. The van der Waals surface area contributed by atoms with E-state index in [1.807, 2.05) is 30.5 Å². The van der Waals surface area contributed by atoms with Gasteiger partial charge in [0.25, 0.3) is 0 Å². The summed E-state index contributed by atoms with van der Waals surface area (Å²) in [6, 6.07) is 14.2. The van der Waals surface area contributed by atoms with Crippen LogP contribution >= 0.6 is 0 Å². The predicted octanol–water partition coefficient (Wildman–Crippen LogP) is 2.04. The summed E-state index contributed by atoms with van der Waals surface area (Å²) >= 11 is 0. The summed E-state index contributed by atoms with van der Waals surface area (Å²) in [5.41, 5.74) is 0.233. The molecule has 0 atom stereocenters. The van der Waals surface area contributed by atoms with Gasteiger partial charge in [-0.3, -0.25) is 14.4 Å². The third-order valence-electron chi connectivity index (χ3n) is 4.82. The fourth-order valence-electron chi connectivity index (χ4n) is 3.52. The van der Waals surface area contributed by atoms with E-state index in [0.717, 1.165) is 10.2 Å². The zero-order valence-electron chi connectivity index (χ0n) is 16.8. The maximum atomic E-state index is 12.9. The number of amides is 1. The van der Waals surface area contributed by atoms with Crippen LogP contribution < -0.4 is 21.2 Å². The Balaban J connectivity index is 1.80. The average Bonchev–Trinajstić information content (AvgIpc) is 3.06. The highest BCUT2D eigenvalue weighted by Crippen LogP contribution is 2.23. The summed E-state index contributed by atoms with van der Waals surface area (Å²) in [7, 11) is 1.50. The van der Waals surface area contributed by atoms with E-state index in [1.54, 1.807) is 36.4 Å². The van der Waals surface area contributed by atoms with Gasteiger partial charge in [0.15, 0.2) is 0 Å². The molecule has 4 aromatic rings. The van der Waals surface area contributed by atoms with Crippen molar-refractivity contribution in [2.24, 2.45) is 0 Å². The lowest BCUT2D eigenvalue weighted by Crippen LogP contribution is -2.42. The number of nitrogens with zero attached hydrogens (tertiary/aromatic N) is 4. The first kappa shape index (κ1) is 19.4. The minimum absolute atomic E-state index is 0.0137. The van der Waals surface area contributed by atoms with E-state index < -0.39 is 23.6 Å². The van der Waals surface area contributed by atoms with E-state index >= 15 is 0 Å². The van der Waals surface area contributed by atoms with Crippen molar-refractivity contribution in [3.8, 4) is 5.75 Å². The lowest BCUT2D eigenvalue weighted by atomic mass is 10.3. The number of nitrogens with one attached hydrogen (secondary N) is 1.